The Balaban J connectivity index is 1.42. The molecule has 5 rings (SSSR count). The Morgan fingerprint density at radius 3 is 2.47 bits per heavy atom. The number of anilines is 2. The highest BCUT2D eigenvalue weighted by Crippen LogP contribution is 2.34. The Hall–Kier alpha value is -4.49. The van der Waals surface area contributed by atoms with Crippen molar-refractivity contribution in [1.82, 2.24) is 20.2 Å². The molecule has 51 heavy (non-hydrogen) atoms. The normalized spacial score (nSPS) is 17.7. The molecule has 0 saturated carbocycles. The van der Waals surface area contributed by atoms with Crippen LogP contribution in [-0.4, -0.2) is 99.2 Å². The maximum absolute atomic E-state index is 13.6. The Morgan fingerprint density at radius 2 is 1.80 bits per heavy atom. The van der Waals surface area contributed by atoms with Crippen LogP contribution in [0.2, 0.25) is 5.02 Å². The highest BCUT2D eigenvalue weighted by atomic mass is 35.5. The average molecular weight is 747 g/mol. The second-order valence-electron chi connectivity index (χ2n) is 11.5. The minimum Gasteiger partial charge on any atom is -0.487 e. The molecule has 4 aromatic rings. The summed E-state index contributed by atoms with van der Waals surface area (Å²) in [6, 6.07) is 14.3. The van der Waals surface area contributed by atoms with Crippen LogP contribution in [0.25, 0.3) is 10.9 Å². The lowest BCUT2D eigenvalue weighted by atomic mass is 9.86. The number of nitrogens with one attached hydrogen (secondary N) is 2. The molecule has 3 atom stereocenters. The third-order valence-electron chi connectivity index (χ3n) is 7.82. The first-order chi connectivity index (χ1) is 24.1. The first-order valence-corrected chi connectivity index (χ1v) is 15.4. The van der Waals surface area contributed by atoms with Crippen molar-refractivity contribution in [2.75, 3.05) is 38.2 Å². The van der Waals surface area contributed by atoms with Gasteiger partial charge in [-0.1, -0.05) is 23.7 Å². The van der Waals surface area contributed by atoms with E-state index in [0.29, 0.717) is 32.8 Å². The number of nitrogens with zero attached hydrogens (tertiary/aromatic N) is 4. The molecule has 0 bridgehead atoms. The van der Waals surface area contributed by atoms with Gasteiger partial charge < -0.3 is 35.0 Å². The standard InChI is InChI=1S/C32H30ClF7N6O5/c33-23-10-21(5-7-25(23)50-13-18-2-1-3-19(34)8-18)44-28-22-9-20(4-6-24(22)41-17-42-28)45-29-46(15-32(38,39)40)11-27(51-29)30(16-48,26(49)12-47)43-14-31(35,36)37/h1-10,17,26-27,43,47-49H,11-16H2,(H,41,42,44). The first-order valence-electron chi connectivity index (χ1n) is 15.1. The van der Waals surface area contributed by atoms with E-state index < -0.39 is 74.8 Å². The van der Waals surface area contributed by atoms with Gasteiger partial charge in [-0.25, -0.2) is 14.4 Å². The second-order valence-corrected chi connectivity index (χ2v) is 11.9. The quantitative estimate of drug-likeness (QED) is 0.115. The fourth-order valence-corrected chi connectivity index (χ4v) is 5.55. The highest BCUT2D eigenvalue weighted by Gasteiger charge is 2.53. The number of fused-ring (bicyclic) bond motifs is 1. The molecule has 3 aromatic carbocycles. The number of amidine groups is 1. The van der Waals surface area contributed by atoms with Crippen molar-refractivity contribution in [2.24, 2.45) is 4.99 Å². The molecule has 11 nitrogen and oxygen atoms in total. The summed E-state index contributed by atoms with van der Waals surface area (Å²) in [5.41, 5.74) is -0.948. The van der Waals surface area contributed by atoms with Crippen LogP contribution in [0, 0.1) is 5.82 Å². The number of ether oxygens (including phenoxy) is 2. The molecular weight excluding hydrogens is 717 g/mol. The molecular formula is C32H30ClF7N6O5. The van der Waals surface area contributed by atoms with Crippen LogP contribution < -0.4 is 15.4 Å². The molecule has 1 aliphatic heterocycles. The predicted molar refractivity (Wildman–Crippen MR) is 172 cm³/mol. The SMILES string of the molecule is OCC(O)C(CO)(NCC(F)(F)F)C1CN(CC(F)(F)F)C(=Nc2ccc3ncnc(Nc4ccc(OCc5cccc(F)c5)c(Cl)c4)c3c2)O1. The fraction of sp³-hybridized carbons (Fsp3) is 0.344. The van der Waals surface area contributed by atoms with Gasteiger partial charge in [0.05, 0.1) is 42.5 Å². The van der Waals surface area contributed by atoms with Crippen molar-refractivity contribution in [2.45, 2.75) is 36.7 Å². The number of aliphatic imine (C=N–C) groups is 1. The molecule has 0 radical (unpaired) electrons. The van der Waals surface area contributed by atoms with E-state index in [-0.39, 0.29) is 23.1 Å². The van der Waals surface area contributed by atoms with Crippen molar-refractivity contribution < 1.29 is 55.5 Å². The van der Waals surface area contributed by atoms with E-state index in [2.05, 4.69) is 20.3 Å². The Labute approximate surface area is 290 Å². The summed E-state index contributed by atoms with van der Waals surface area (Å²) < 4.78 is 105. The van der Waals surface area contributed by atoms with Gasteiger partial charge >= 0.3 is 12.4 Å². The van der Waals surface area contributed by atoms with Crippen molar-refractivity contribution >= 4 is 45.7 Å². The Kier molecular flexibility index (Phi) is 11.4. The summed E-state index contributed by atoms with van der Waals surface area (Å²) in [6.07, 6.45) is -12.2. The second kappa shape index (κ2) is 15.4. The van der Waals surface area contributed by atoms with Crippen LogP contribution in [0.5, 0.6) is 5.75 Å². The van der Waals surface area contributed by atoms with Crippen molar-refractivity contribution in [3.05, 3.63) is 83.4 Å². The summed E-state index contributed by atoms with van der Waals surface area (Å²) in [6.45, 7) is -6.48. The van der Waals surface area contributed by atoms with Crippen molar-refractivity contribution in [1.29, 1.82) is 0 Å². The Bertz CT molecular complexity index is 1870. The van der Waals surface area contributed by atoms with E-state index in [4.69, 9.17) is 21.1 Å². The summed E-state index contributed by atoms with van der Waals surface area (Å²) >= 11 is 6.42. The number of alkyl halides is 6. The smallest absolute Gasteiger partial charge is 0.406 e. The van der Waals surface area contributed by atoms with E-state index in [0.717, 1.165) is 0 Å². The maximum Gasteiger partial charge on any atom is 0.406 e. The average Bonchev–Trinajstić information content (AvgIpc) is 3.45. The lowest BCUT2D eigenvalue weighted by Gasteiger charge is -2.40. The molecule has 5 N–H and O–H groups in total. The van der Waals surface area contributed by atoms with Crippen LogP contribution >= 0.6 is 11.6 Å². The number of hydrogen-bond donors (Lipinski definition) is 5. The van der Waals surface area contributed by atoms with Gasteiger partial charge in [-0.05, 0) is 54.1 Å². The van der Waals surface area contributed by atoms with Gasteiger partial charge in [0, 0.05) is 11.1 Å². The molecule has 1 saturated heterocycles. The maximum atomic E-state index is 13.6. The Morgan fingerprint density at radius 1 is 1.02 bits per heavy atom. The van der Waals surface area contributed by atoms with Gasteiger partial charge in [0.2, 0.25) is 0 Å². The number of aliphatic hydroxyl groups is 3. The van der Waals surface area contributed by atoms with Gasteiger partial charge in [0.25, 0.3) is 6.02 Å². The number of halogens is 8. The van der Waals surface area contributed by atoms with Crippen LogP contribution in [-0.2, 0) is 11.3 Å². The number of benzene rings is 3. The third kappa shape index (κ3) is 9.44. The zero-order valence-corrected chi connectivity index (χ0v) is 27.0. The van der Waals surface area contributed by atoms with Crippen LogP contribution in [0.3, 0.4) is 0 Å². The zero-order valence-electron chi connectivity index (χ0n) is 26.2. The van der Waals surface area contributed by atoms with Gasteiger partial charge in [0.15, 0.2) is 0 Å². The van der Waals surface area contributed by atoms with Gasteiger partial charge in [0.1, 0.15) is 54.6 Å². The number of hydrogen-bond acceptors (Lipinski definition) is 10. The first kappa shape index (κ1) is 37.8. The molecule has 274 valence electrons. The number of rotatable bonds is 13. The minimum absolute atomic E-state index is 0.0304. The van der Waals surface area contributed by atoms with Crippen LogP contribution in [0.1, 0.15) is 5.56 Å². The summed E-state index contributed by atoms with van der Waals surface area (Å²) in [5, 5.41) is 35.7. The number of aliphatic hydroxyl groups excluding tert-OH is 3. The predicted octanol–water partition coefficient (Wildman–Crippen LogP) is 5.23. The van der Waals surface area contributed by atoms with E-state index >= 15 is 0 Å². The topological polar surface area (TPSA) is 145 Å². The molecule has 0 aliphatic carbocycles. The molecule has 0 amide bonds. The number of aromatic nitrogens is 2. The van der Waals surface area contributed by atoms with Crippen LogP contribution in [0.15, 0.2) is 72.0 Å². The molecule has 3 unspecified atom stereocenters. The van der Waals surface area contributed by atoms with Gasteiger partial charge in [-0.3, -0.25) is 5.32 Å². The molecule has 1 aromatic heterocycles. The molecule has 19 heteroatoms. The lowest BCUT2D eigenvalue weighted by molar-refractivity contribution is -0.144. The van der Waals surface area contributed by atoms with E-state index in [9.17, 15) is 46.1 Å². The molecule has 1 aliphatic rings. The third-order valence-corrected chi connectivity index (χ3v) is 8.11. The molecule has 2 heterocycles. The fourth-order valence-electron chi connectivity index (χ4n) is 5.31. The lowest BCUT2D eigenvalue weighted by Crippen LogP contribution is -2.68. The van der Waals surface area contributed by atoms with Crippen molar-refractivity contribution in [3.63, 3.8) is 0 Å². The van der Waals surface area contributed by atoms with Crippen LogP contribution in [0.4, 0.5) is 47.9 Å². The van der Waals surface area contributed by atoms with E-state index in [1.54, 1.807) is 30.3 Å². The van der Waals surface area contributed by atoms with E-state index in [1.165, 1.54) is 36.7 Å². The molecule has 0 spiro atoms. The van der Waals surface area contributed by atoms with Crippen molar-refractivity contribution in [3.8, 4) is 5.75 Å². The summed E-state index contributed by atoms with van der Waals surface area (Å²) in [5.74, 6) is 0.150. The highest BCUT2D eigenvalue weighted by molar-refractivity contribution is 6.32. The largest absolute Gasteiger partial charge is 0.487 e. The zero-order chi connectivity index (χ0) is 37.0. The van der Waals surface area contributed by atoms with E-state index in [1.807, 2.05) is 5.32 Å². The summed E-state index contributed by atoms with van der Waals surface area (Å²) in [4.78, 5) is 13.2. The van der Waals surface area contributed by atoms with Gasteiger partial charge in [-0.2, -0.15) is 31.3 Å². The minimum atomic E-state index is -4.85. The monoisotopic (exact) mass is 746 g/mol. The molecule has 1 fully saturated rings. The van der Waals surface area contributed by atoms with Gasteiger partial charge in [-0.15, -0.1) is 0 Å². The summed E-state index contributed by atoms with van der Waals surface area (Å²) in [7, 11) is 0.